The minimum atomic E-state index is -1.26. The molecule has 0 amide bonds. The highest BCUT2D eigenvalue weighted by Gasteiger charge is 2.18. The van der Waals surface area contributed by atoms with Crippen LogP contribution >= 0.6 is 22.9 Å². The summed E-state index contributed by atoms with van der Waals surface area (Å²) in [5.74, 6) is -2.51. The predicted octanol–water partition coefficient (Wildman–Crippen LogP) is 3.05. The first-order valence-corrected chi connectivity index (χ1v) is 8.96. The molecule has 1 aromatic heterocycles. The second-order valence-corrected chi connectivity index (χ2v) is 6.80. The van der Waals surface area contributed by atoms with Crippen molar-refractivity contribution in [1.29, 1.82) is 0 Å². The van der Waals surface area contributed by atoms with E-state index in [2.05, 4.69) is 28.2 Å². The van der Waals surface area contributed by atoms with Gasteiger partial charge in [0.05, 0.1) is 5.69 Å². The molecule has 3 N–H and O–H groups in total. The molecule has 2 heterocycles. The third-order valence-electron chi connectivity index (χ3n) is 3.24. The Kier molecular flexibility index (Phi) is 9.18. The third-order valence-corrected chi connectivity index (χ3v) is 4.51. The van der Waals surface area contributed by atoms with Crippen LogP contribution in [-0.2, 0) is 9.59 Å². The van der Waals surface area contributed by atoms with Crippen LogP contribution in [0.5, 0.6) is 0 Å². The highest BCUT2D eigenvalue weighted by molar-refractivity contribution is 7.19. The molecule has 0 fully saturated rings. The molecule has 0 saturated carbocycles. The minimum Gasteiger partial charge on any atom is -0.478 e. The van der Waals surface area contributed by atoms with Crippen molar-refractivity contribution >= 4 is 45.6 Å². The minimum absolute atomic E-state index is 0.558. The standard InChI is InChI=1S/C12H18ClN3S.C4H4O4/c1-3-6-16-7-4-5-9(8-16)10-11(13)17-12(14-2)15-10;5-3(6)1-2-4(7)8/h5H,3-4,6-8H2,1-2H3,(H,14,15);1-2H,(H,5,6)(H,7,8). The number of aromatic nitrogens is 1. The molecule has 1 aromatic rings. The van der Waals surface area contributed by atoms with Crippen LogP contribution in [0.25, 0.3) is 5.57 Å². The van der Waals surface area contributed by atoms with E-state index in [4.69, 9.17) is 21.8 Å². The number of thiazole rings is 1. The number of anilines is 1. The third kappa shape index (κ3) is 7.68. The Labute approximate surface area is 155 Å². The second kappa shape index (κ2) is 10.9. The first-order valence-electron chi connectivity index (χ1n) is 7.77. The summed E-state index contributed by atoms with van der Waals surface area (Å²) in [5, 5.41) is 19.6. The zero-order chi connectivity index (χ0) is 18.8. The summed E-state index contributed by atoms with van der Waals surface area (Å²) in [6.45, 7) is 5.49. The SMILES string of the molecule is CCCN1CCC=C(c2nc(NC)sc2Cl)C1.O=C(O)C=CC(=O)O. The number of nitrogens with one attached hydrogen (secondary N) is 1. The van der Waals surface area contributed by atoms with E-state index in [1.54, 1.807) is 0 Å². The van der Waals surface area contributed by atoms with E-state index in [1.807, 2.05) is 7.05 Å². The van der Waals surface area contributed by atoms with Crippen molar-refractivity contribution in [3.05, 3.63) is 28.3 Å². The lowest BCUT2D eigenvalue weighted by Gasteiger charge is -2.26. The molecular weight excluding hydrogens is 366 g/mol. The predicted molar refractivity (Wildman–Crippen MR) is 100 cm³/mol. The molecule has 0 aromatic carbocycles. The molecule has 0 saturated heterocycles. The quantitative estimate of drug-likeness (QED) is 0.644. The summed E-state index contributed by atoms with van der Waals surface area (Å²) in [4.78, 5) is 26.1. The lowest BCUT2D eigenvalue weighted by atomic mass is 10.1. The van der Waals surface area contributed by atoms with Crippen molar-refractivity contribution in [3.63, 3.8) is 0 Å². The van der Waals surface area contributed by atoms with Gasteiger partial charge in [-0.15, -0.1) is 0 Å². The van der Waals surface area contributed by atoms with Gasteiger partial charge >= 0.3 is 11.9 Å². The Morgan fingerprint density at radius 1 is 1.40 bits per heavy atom. The molecule has 1 aliphatic rings. The van der Waals surface area contributed by atoms with Gasteiger partial charge in [-0.1, -0.05) is 35.9 Å². The monoisotopic (exact) mass is 387 g/mol. The highest BCUT2D eigenvalue weighted by atomic mass is 35.5. The molecular formula is C16H22ClN3O4S. The highest BCUT2D eigenvalue weighted by Crippen LogP contribution is 2.33. The van der Waals surface area contributed by atoms with Crippen LogP contribution in [0.4, 0.5) is 5.13 Å². The lowest BCUT2D eigenvalue weighted by molar-refractivity contribution is -0.134. The molecule has 9 heteroatoms. The van der Waals surface area contributed by atoms with Crippen LogP contribution in [0.1, 0.15) is 25.5 Å². The van der Waals surface area contributed by atoms with Gasteiger partial charge in [0.1, 0.15) is 4.34 Å². The Morgan fingerprint density at radius 2 is 2.04 bits per heavy atom. The first kappa shape index (κ1) is 21.1. The molecule has 1 aliphatic heterocycles. The van der Waals surface area contributed by atoms with Gasteiger partial charge in [0, 0.05) is 32.3 Å². The van der Waals surface area contributed by atoms with E-state index in [1.165, 1.54) is 23.3 Å². The van der Waals surface area contributed by atoms with Crippen molar-refractivity contribution in [2.75, 3.05) is 32.0 Å². The average molecular weight is 388 g/mol. The number of halogens is 1. The average Bonchev–Trinajstić information content (AvgIpc) is 2.95. The fourth-order valence-electron chi connectivity index (χ4n) is 2.23. The normalized spacial score (nSPS) is 14.6. The van der Waals surface area contributed by atoms with Crippen LogP contribution in [0.2, 0.25) is 4.34 Å². The van der Waals surface area contributed by atoms with Crippen LogP contribution in [0, 0.1) is 0 Å². The number of hydrogen-bond donors (Lipinski definition) is 3. The van der Waals surface area contributed by atoms with Crippen LogP contribution in [-0.4, -0.2) is 58.7 Å². The molecule has 0 radical (unpaired) electrons. The van der Waals surface area contributed by atoms with E-state index in [9.17, 15) is 9.59 Å². The summed E-state index contributed by atoms with van der Waals surface area (Å²) in [5.41, 5.74) is 2.23. The van der Waals surface area contributed by atoms with Gasteiger partial charge < -0.3 is 15.5 Å². The van der Waals surface area contributed by atoms with Crippen molar-refractivity contribution < 1.29 is 19.8 Å². The molecule has 0 unspecified atom stereocenters. The number of nitrogens with zero attached hydrogens (tertiary/aromatic N) is 2. The lowest BCUT2D eigenvalue weighted by Crippen LogP contribution is -2.30. The van der Waals surface area contributed by atoms with E-state index < -0.39 is 11.9 Å². The number of rotatable bonds is 6. The van der Waals surface area contributed by atoms with E-state index in [-0.39, 0.29) is 0 Å². The zero-order valence-electron chi connectivity index (χ0n) is 14.2. The van der Waals surface area contributed by atoms with Gasteiger partial charge in [-0.05, 0) is 25.0 Å². The molecule has 0 spiro atoms. The number of hydrogen-bond acceptors (Lipinski definition) is 6. The van der Waals surface area contributed by atoms with Crippen molar-refractivity contribution in [3.8, 4) is 0 Å². The van der Waals surface area contributed by atoms with E-state index in [0.717, 1.165) is 41.2 Å². The number of carboxylic acid groups (broad SMARTS) is 2. The fourth-order valence-corrected chi connectivity index (χ4v) is 3.30. The van der Waals surface area contributed by atoms with Gasteiger partial charge in [0.15, 0.2) is 5.13 Å². The van der Waals surface area contributed by atoms with Crippen LogP contribution in [0.3, 0.4) is 0 Å². The molecule has 25 heavy (non-hydrogen) atoms. The summed E-state index contributed by atoms with van der Waals surface area (Å²) in [7, 11) is 1.87. The molecule has 0 bridgehead atoms. The molecule has 2 rings (SSSR count). The Bertz CT molecular complexity index is 642. The van der Waals surface area contributed by atoms with Gasteiger partial charge in [-0.3, -0.25) is 4.90 Å². The maximum atomic E-state index is 9.55. The number of carbonyl (C=O) groups is 2. The summed E-state index contributed by atoms with van der Waals surface area (Å²) >= 11 is 7.74. The second-order valence-electron chi connectivity index (χ2n) is 5.20. The Morgan fingerprint density at radius 3 is 2.52 bits per heavy atom. The van der Waals surface area contributed by atoms with Crippen LogP contribution in [0.15, 0.2) is 18.2 Å². The molecule has 0 atom stereocenters. The Hall–Kier alpha value is -1.90. The van der Waals surface area contributed by atoms with Crippen molar-refractivity contribution in [2.45, 2.75) is 19.8 Å². The first-order chi connectivity index (χ1) is 11.9. The van der Waals surface area contributed by atoms with Crippen LogP contribution < -0.4 is 5.32 Å². The summed E-state index contributed by atoms with van der Waals surface area (Å²) in [6.07, 6.45) is 5.68. The van der Waals surface area contributed by atoms with Gasteiger partial charge in [-0.2, -0.15) is 0 Å². The van der Waals surface area contributed by atoms with Gasteiger partial charge in [0.25, 0.3) is 0 Å². The van der Waals surface area contributed by atoms with E-state index >= 15 is 0 Å². The van der Waals surface area contributed by atoms with Crippen molar-refractivity contribution in [2.24, 2.45) is 0 Å². The molecule has 7 nitrogen and oxygen atoms in total. The molecule has 0 aliphatic carbocycles. The largest absolute Gasteiger partial charge is 0.478 e. The summed E-state index contributed by atoms with van der Waals surface area (Å²) < 4.78 is 0.791. The topological polar surface area (TPSA) is 103 Å². The van der Waals surface area contributed by atoms with Crippen molar-refractivity contribution in [1.82, 2.24) is 9.88 Å². The van der Waals surface area contributed by atoms with E-state index in [0.29, 0.717) is 12.2 Å². The smallest absolute Gasteiger partial charge is 0.328 e. The summed E-state index contributed by atoms with van der Waals surface area (Å²) in [6, 6.07) is 0. The fraction of sp³-hybridized carbons (Fsp3) is 0.438. The van der Waals surface area contributed by atoms with Gasteiger partial charge in [-0.25, -0.2) is 14.6 Å². The molecule has 138 valence electrons. The number of carboxylic acids is 2. The Balaban J connectivity index is 0.000000333. The maximum absolute atomic E-state index is 9.55. The van der Waals surface area contributed by atoms with Gasteiger partial charge in [0.2, 0.25) is 0 Å². The zero-order valence-corrected chi connectivity index (χ0v) is 15.7. The number of aliphatic carboxylic acids is 2. The maximum Gasteiger partial charge on any atom is 0.328 e.